The highest BCUT2D eigenvalue weighted by Crippen LogP contribution is 2.19. The van der Waals surface area contributed by atoms with E-state index in [-0.39, 0.29) is 5.91 Å². The van der Waals surface area contributed by atoms with E-state index in [4.69, 9.17) is 4.74 Å². The molecule has 3 aromatic rings. The lowest BCUT2D eigenvalue weighted by molar-refractivity contribution is 0.0950. The first kappa shape index (κ1) is 19.4. The van der Waals surface area contributed by atoms with Crippen LogP contribution >= 0.6 is 0 Å². The smallest absolute Gasteiger partial charge is 0.253 e. The molecule has 28 heavy (non-hydrogen) atoms. The largest absolute Gasteiger partial charge is 0.497 e. The minimum absolute atomic E-state index is 0.156. The molecule has 2 N–H and O–H groups in total. The highest BCUT2D eigenvalue weighted by molar-refractivity contribution is 5.94. The van der Waals surface area contributed by atoms with E-state index in [0.717, 1.165) is 17.0 Å². The molecule has 0 unspecified atom stereocenters. The third kappa shape index (κ3) is 5.10. The number of methoxy groups -OCH3 is 1. The Hall–Kier alpha value is -3.34. The number of amides is 1. The van der Waals surface area contributed by atoms with E-state index < -0.39 is 0 Å². The highest BCUT2D eigenvalue weighted by Gasteiger charge is 2.07. The lowest BCUT2D eigenvalue weighted by Gasteiger charge is -2.10. The summed E-state index contributed by atoms with van der Waals surface area (Å²) in [5.74, 6) is 1.84. The van der Waals surface area contributed by atoms with Crippen molar-refractivity contribution in [1.29, 1.82) is 0 Å². The Morgan fingerprint density at radius 2 is 1.71 bits per heavy atom. The zero-order chi connectivity index (χ0) is 19.9. The number of nitrogens with one attached hydrogen (secondary N) is 2. The van der Waals surface area contributed by atoms with E-state index in [1.54, 1.807) is 25.4 Å². The van der Waals surface area contributed by atoms with E-state index in [0.29, 0.717) is 23.8 Å². The van der Waals surface area contributed by atoms with Gasteiger partial charge in [-0.2, -0.15) is 0 Å². The van der Waals surface area contributed by atoms with Crippen LogP contribution in [0.1, 0.15) is 41.3 Å². The van der Waals surface area contributed by atoms with Crippen molar-refractivity contribution in [2.45, 2.75) is 26.3 Å². The number of hydrogen-bond donors (Lipinski definition) is 2. The summed E-state index contributed by atoms with van der Waals surface area (Å²) in [6.07, 6.45) is 1.58. The Kier molecular flexibility index (Phi) is 6.27. The van der Waals surface area contributed by atoms with Crippen molar-refractivity contribution in [3.63, 3.8) is 0 Å². The maximum Gasteiger partial charge on any atom is 0.253 e. The van der Waals surface area contributed by atoms with Crippen molar-refractivity contribution in [3.8, 4) is 5.75 Å². The average molecular weight is 375 g/mol. The second-order valence-electron chi connectivity index (χ2n) is 6.86. The number of rotatable bonds is 7. The molecule has 0 aliphatic carbocycles. The van der Waals surface area contributed by atoms with Gasteiger partial charge in [-0.1, -0.05) is 38.1 Å². The molecule has 0 aliphatic heterocycles. The zero-order valence-corrected chi connectivity index (χ0v) is 16.4. The summed E-state index contributed by atoms with van der Waals surface area (Å²) in [6.45, 7) is 4.79. The molecule has 5 heteroatoms. The van der Waals surface area contributed by atoms with Crippen LogP contribution in [0.25, 0.3) is 0 Å². The van der Waals surface area contributed by atoms with E-state index >= 15 is 0 Å². The normalized spacial score (nSPS) is 10.6. The average Bonchev–Trinajstić information content (AvgIpc) is 2.73. The molecule has 0 atom stereocenters. The van der Waals surface area contributed by atoms with Gasteiger partial charge in [0.2, 0.25) is 0 Å². The van der Waals surface area contributed by atoms with Gasteiger partial charge in [-0.3, -0.25) is 4.79 Å². The molecule has 1 heterocycles. The molecule has 0 saturated carbocycles. The fourth-order valence-corrected chi connectivity index (χ4v) is 2.73. The molecule has 0 fully saturated rings. The lowest BCUT2D eigenvalue weighted by Crippen LogP contribution is -2.22. The predicted molar refractivity (Wildman–Crippen MR) is 112 cm³/mol. The van der Waals surface area contributed by atoms with E-state index in [1.165, 1.54) is 5.56 Å². The molecule has 5 nitrogen and oxygen atoms in total. The quantitative estimate of drug-likeness (QED) is 0.617. The van der Waals surface area contributed by atoms with Gasteiger partial charge in [0, 0.05) is 18.4 Å². The predicted octanol–water partition coefficient (Wildman–Crippen LogP) is 4.89. The van der Waals surface area contributed by atoms with Gasteiger partial charge in [0.15, 0.2) is 0 Å². The summed E-state index contributed by atoms with van der Waals surface area (Å²) < 4.78 is 5.13. The first-order chi connectivity index (χ1) is 13.5. The Labute approximate surface area is 165 Å². The molecule has 144 valence electrons. The third-order valence-electron chi connectivity index (χ3n) is 4.49. The number of nitrogens with zero attached hydrogens (tertiary/aromatic N) is 1. The molecular formula is C23H25N3O2. The van der Waals surface area contributed by atoms with E-state index in [2.05, 4.69) is 41.6 Å². The number of hydrogen-bond acceptors (Lipinski definition) is 4. The molecule has 1 amide bonds. The van der Waals surface area contributed by atoms with Crippen molar-refractivity contribution in [2.75, 3.05) is 12.4 Å². The summed E-state index contributed by atoms with van der Waals surface area (Å²) in [6, 6.07) is 19.4. The number of aromatic nitrogens is 1. The SMILES string of the molecule is COc1ccc(CNC(=O)c2ccc(Nc3ccc(C(C)C)cc3)nc2)cc1. The maximum absolute atomic E-state index is 12.3. The van der Waals surface area contributed by atoms with Crippen LogP contribution in [-0.4, -0.2) is 18.0 Å². The molecule has 1 aromatic heterocycles. The van der Waals surface area contributed by atoms with Crippen LogP contribution in [0.3, 0.4) is 0 Å². The summed E-state index contributed by atoms with van der Waals surface area (Å²) >= 11 is 0. The number of ether oxygens (including phenoxy) is 1. The van der Waals surface area contributed by atoms with Crippen molar-refractivity contribution in [3.05, 3.63) is 83.6 Å². The molecule has 0 spiro atoms. The summed E-state index contributed by atoms with van der Waals surface area (Å²) in [5, 5.41) is 6.15. The minimum Gasteiger partial charge on any atom is -0.497 e. The van der Waals surface area contributed by atoms with Crippen LogP contribution in [0, 0.1) is 0 Å². The Bertz CT molecular complexity index is 902. The molecular weight excluding hydrogens is 350 g/mol. The van der Waals surface area contributed by atoms with Crippen LogP contribution in [0.2, 0.25) is 0 Å². The fourth-order valence-electron chi connectivity index (χ4n) is 2.73. The Balaban J connectivity index is 1.56. The number of anilines is 2. The molecule has 0 radical (unpaired) electrons. The standard InChI is InChI=1S/C23H25N3O2/c1-16(2)18-6-9-20(10-7-18)26-22-13-8-19(15-24-22)23(27)25-14-17-4-11-21(28-3)12-5-17/h4-13,15-16H,14H2,1-3H3,(H,24,26)(H,25,27). The van der Waals surface area contributed by atoms with Crippen LogP contribution in [-0.2, 0) is 6.54 Å². The van der Waals surface area contributed by atoms with Gasteiger partial charge < -0.3 is 15.4 Å². The number of pyridine rings is 1. The number of carbonyl (C=O) groups is 1. The Morgan fingerprint density at radius 3 is 2.29 bits per heavy atom. The van der Waals surface area contributed by atoms with Crippen LogP contribution < -0.4 is 15.4 Å². The van der Waals surface area contributed by atoms with Crippen molar-refractivity contribution in [1.82, 2.24) is 10.3 Å². The van der Waals surface area contributed by atoms with Gasteiger partial charge in [-0.05, 0) is 53.4 Å². The van der Waals surface area contributed by atoms with Gasteiger partial charge in [-0.25, -0.2) is 4.98 Å². The summed E-state index contributed by atoms with van der Waals surface area (Å²) in [5.41, 5.74) is 3.79. The Morgan fingerprint density at radius 1 is 1.00 bits per heavy atom. The van der Waals surface area contributed by atoms with Crippen LogP contribution in [0.5, 0.6) is 5.75 Å². The molecule has 0 saturated heterocycles. The summed E-state index contributed by atoms with van der Waals surface area (Å²) in [4.78, 5) is 16.7. The monoisotopic (exact) mass is 375 g/mol. The fraction of sp³-hybridized carbons (Fsp3) is 0.217. The van der Waals surface area contributed by atoms with Crippen molar-refractivity contribution < 1.29 is 9.53 Å². The van der Waals surface area contributed by atoms with Gasteiger partial charge in [0.25, 0.3) is 5.91 Å². The van der Waals surface area contributed by atoms with Gasteiger partial charge in [0.05, 0.1) is 12.7 Å². The third-order valence-corrected chi connectivity index (χ3v) is 4.49. The van der Waals surface area contributed by atoms with Gasteiger partial charge >= 0.3 is 0 Å². The van der Waals surface area contributed by atoms with Crippen LogP contribution in [0.15, 0.2) is 66.9 Å². The second-order valence-corrected chi connectivity index (χ2v) is 6.86. The first-order valence-corrected chi connectivity index (χ1v) is 9.29. The van der Waals surface area contributed by atoms with Crippen molar-refractivity contribution >= 4 is 17.4 Å². The lowest BCUT2D eigenvalue weighted by atomic mass is 10.0. The minimum atomic E-state index is -0.156. The van der Waals surface area contributed by atoms with Crippen LogP contribution in [0.4, 0.5) is 11.5 Å². The number of benzene rings is 2. The zero-order valence-electron chi connectivity index (χ0n) is 16.4. The highest BCUT2D eigenvalue weighted by atomic mass is 16.5. The second kappa shape index (κ2) is 9.04. The van der Waals surface area contributed by atoms with Gasteiger partial charge in [0.1, 0.15) is 11.6 Å². The van der Waals surface area contributed by atoms with Crippen molar-refractivity contribution in [2.24, 2.45) is 0 Å². The summed E-state index contributed by atoms with van der Waals surface area (Å²) in [7, 11) is 1.63. The van der Waals surface area contributed by atoms with E-state index in [9.17, 15) is 4.79 Å². The molecule has 0 aliphatic rings. The number of carbonyl (C=O) groups excluding carboxylic acids is 1. The molecule has 0 bridgehead atoms. The first-order valence-electron chi connectivity index (χ1n) is 9.29. The van der Waals surface area contributed by atoms with Gasteiger partial charge in [-0.15, -0.1) is 0 Å². The maximum atomic E-state index is 12.3. The van der Waals surface area contributed by atoms with E-state index in [1.807, 2.05) is 36.4 Å². The molecule has 3 rings (SSSR count). The topological polar surface area (TPSA) is 63.2 Å². The molecule has 2 aromatic carbocycles.